The Kier molecular flexibility index (Phi) is 3.31. The molecule has 0 spiro atoms. The third kappa shape index (κ3) is 2.12. The van der Waals surface area contributed by atoms with Gasteiger partial charge < -0.3 is 9.47 Å². The maximum atomic E-state index is 11.6. The molecule has 6 heteroatoms. The van der Waals surface area contributed by atoms with Crippen molar-refractivity contribution >= 4 is 21.8 Å². The fourth-order valence-electron chi connectivity index (χ4n) is 1.30. The van der Waals surface area contributed by atoms with Crippen LogP contribution in [0.5, 0.6) is 11.5 Å². The van der Waals surface area contributed by atoms with Crippen LogP contribution in [0.15, 0.2) is 16.6 Å². The molecule has 1 aliphatic rings. The molecule has 1 aromatic carbocycles. The van der Waals surface area contributed by atoms with E-state index < -0.39 is 0 Å². The van der Waals surface area contributed by atoms with E-state index in [1.165, 1.54) is 0 Å². The van der Waals surface area contributed by atoms with Crippen LogP contribution in [-0.4, -0.2) is 19.3 Å². The summed E-state index contributed by atoms with van der Waals surface area (Å²) >= 11 is 3.31. The molecule has 1 aromatic rings. The summed E-state index contributed by atoms with van der Waals surface area (Å²) in [7, 11) is 0. The Morgan fingerprint density at radius 2 is 2.38 bits per heavy atom. The van der Waals surface area contributed by atoms with Crippen LogP contribution >= 0.6 is 15.9 Å². The lowest BCUT2D eigenvalue weighted by molar-refractivity contribution is 0.0364. The molecule has 0 fully saturated rings. The molecule has 0 aliphatic carbocycles. The van der Waals surface area contributed by atoms with Crippen molar-refractivity contribution in [3.63, 3.8) is 0 Å². The summed E-state index contributed by atoms with van der Waals surface area (Å²) in [5.41, 5.74) is 2.76. The Labute approximate surface area is 101 Å². The third-order valence-electron chi connectivity index (χ3n) is 2.00. The molecular formula is C10H10BrNO4. The van der Waals surface area contributed by atoms with Gasteiger partial charge in [0.1, 0.15) is 0 Å². The van der Waals surface area contributed by atoms with Gasteiger partial charge in [-0.25, -0.2) is 5.48 Å². The molecule has 5 nitrogen and oxygen atoms in total. The second-order valence-electron chi connectivity index (χ2n) is 3.06. The summed E-state index contributed by atoms with van der Waals surface area (Å²) in [5.74, 6) is 0.852. The quantitative estimate of drug-likeness (QED) is 0.862. The molecule has 1 N–H and O–H groups in total. The lowest BCUT2D eigenvalue weighted by Crippen LogP contribution is -2.23. The highest BCUT2D eigenvalue weighted by molar-refractivity contribution is 9.10. The van der Waals surface area contributed by atoms with Gasteiger partial charge in [-0.15, -0.1) is 0 Å². The van der Waals surface area contributed by atoms with Crippen molar-refractivity contribution in [2.75, 3.05) is 13.4 Å². The van der Waals surface area contributed by atoms with E-state index in [0.717, 1.165) is 0 Å². The number of halogens is 1. The van der Waals surface area contributed by atoms with E-state index >= 15 is 0 Å². The zero-order valence-electron chi connectivity index (χ0n) is 8.58. The van der Waals surface area contributed by atoms with Gasteiger partial charge in [0.2, 0.25) is 6.79 Å². The maximum Gasteiger partial charge on any atom is 0.275 e. The highest BCUT2D eigenvalue weighted by Gasteiger charge is 2.20. The molecule has 1 amide bonds. The highest BCUT2D eigenvalue weighted by atomic mass is 79.9. The Balaban J connectivity index is 2.23. The fraction of sp³-hybridized carbons (Fsp3) is 0.300. The number of carbonyl (C=O) groups is 1. The zero-order chi connectivity index (χ0) is 11.5. The van der Waals surface area contributed by atoms with Gasteiger partial charge in [0.25, 0.3) is 5.91 Å². The van der Waals surface area contributed by atoms with E-state index in [-0.39, 0.29) is 12.7 Å². The first kappa shape index (κ1) is 11.2. The summed E-state index contributed by atoms with van der Waals surface area (Å²) in [6.07, 6.45) is 0. The van der Waals surface area contributed by atoms with Gasteiger partial charge in [-0.1, -0.05) is 0 Å². The van der Waals surface area contributed by atoms with Crippen LogP contribution in [0.3, 0.4) is 0 Å². The van der Waals surface area contributed by atoms with Crippen molar-refractivity contribution in [2.45, 2.75) is 6.92 Å². The predicted octanol–water partition coefficient (Wildman–Crippen LogP) is 1.86. The fourth-order valence-corrected chi connectivity index (χ4v) is 1.85. The van der Waals surface area contributed by atoms with Crippen LogP contribution in [0.1, 0.15) is 17.3 Å². The molecule has 0 aromatic heterocycles. The van der Waals surface area contributed by atoms with Crippen LogP contribution in [0.2, 0.25) is 0 Å². The normalized spacial score (nSPS) is 12.6. The monoisotopic (exact) mass is 287 g/mol. The van der Waals surface area contributed by atoms with Gasteiger partial charge in [0.05, 0.1) is 11.1 Å². The molecule has 16 heavy (non-hydrogen) atoms. The molecule has 86 valence electrons. The smallest absolute Gasteiger partial charge is 0.275 e. The topological polar surface area (TPSA) is 56.8 Å². The molecular weight excluding hydrogens is 278 g/mol. The van der Waals surface area contributed by atoms with Gasteiger partial charge in [0.15, 0.2) is 11.5 Å². The molecule has 1 aliphatic heterocycles. The largest absolute Gasteiger partial charge is 0.454 e. The molecule has 0 saturated carbocycles. The number of amides is 1. The number of hydroxylamine groups is 1. The van der Waals surface area contributed by atoms with E-state index in [9.17, 15) is 4.79 Å². The minimum atomic E-state index is -0.319. The summed E-state index contributed by atoms with van der Waals surface area (Å²) in [4.78, 5) is 16.4. The number of rotatable bonds is 3. The number of carbonyl (C=O) groups excluding carboxylic acids is 1. The minimum Gasteiger partial charge on any atom is -0.454 e. The summed E-state index contributed by atoms with van der Waals surface area (Å²) < 4.78 is 11.1. The maximum absolute atomic E-state index is 11.6. The predicted molar refractivity (Wildman–Crippen MR) is 59.4 cm³/mol. The molecule has 2 rings (SSSR count). The lowest BCUT2D eigenvalue weighted by Gasteiger charge is -2.05. The first-order chi connectivity index (χ1) is 7.72. The van der Waals surface area contributed by atoms with Crippen molar-refractivity contribution in [1.29, 1.82) is 0 Å². The molecule has 0 radical (unpaired) electrons. The van der Waals surface area contributed by atoms with Gasteiger partial charge >= 0.3 is 0 Å². The Morgan fingerprint density at radius 3 is 3.12 bits per heavy atom. The first-order valence-electron chi connectivity index (χ1n) is 4.73. The number of ether oxygens (including phenoxy) is 2. The van der Waals surface area contributed by atoms with Gasteiger partial charge in [-0.3, -0.25) is 9.63 Å². The molecule has 1 heterocycles. The van der Waals surface area contributed by atoms with E-state index in [1.54, 1.807) is 19.1 Å². The van der Waals surface area contributed by atoms with Gasteiger partial charge in [-0.05, 0) is 35.0 Å². The summed E-state index contributed by atoms with van der Waals surface area (Å²) in [6, 6.07) is 3.27. The van der Waals surface area contributed by atoms with Gasteiger partial charge in [-0.2, -0.15) is 0 Å². The minimum absolute atomic E-state index is 0.171. The SMILES string of the molecule is CCONC(=O)c1cc(Br)c2c(c1)OCO2. The van der Waals surface area contributed by atoms with Crippen molar-refractivity contribution in [2.24, 2.45) is 0 Å². The summed E-state index contributed by atoms with van der Waals surface area (Å²) in [5, 5.41) is 0. The molecule has 0 unspecified atom stereocenters. The van der Waals surface area contributed by atoms with E-state index in [2.05, 4.69) is 21.4 Å². The second kappa shape index (κ2) is 4.71. The van der Waals surface area contributed by atoms with Crippen molar-refractivity contribution in [3.8, 4) is 11.5 Å². The molecule has 0 saturated heterocycles. The Hall–Kier alpha value is -1.27. The molecule has 0 atom stereocenters. The number of fused-ring (bicyclic) bond motifs is 1. The lowest BCUT2D eigenvalue weighted by atomic mass is 10.2. The van der Waals surface area contributed by atoms with E-state index in [0.29, 0.717) is 28.1 Å². The summed E-state index contributed by atoms with van der Waals surface area (Å²) in [6.45, 7) is 2.37. The molecule has 0 bridgehead atoms. The Bertz CT molecular complexity index is 422. The number of hydrogen-bond donors (Lipinski definition) is 1. The van der Waals surface area contributed by atoms with E-state index in [4.69, 9.17) is 14.3 Å². The van der Waals surface area contributed by atoms with Crippen molar-refractivity contribution in [1.82, 2.24) is 5.48 Å². The number of hydrogen-bond acceptors (Lipinski definition) is 4. The highest BCUT2D eigenvalue weighted by Crippen LogP contribution is 2.39. The van der Waals surface area contributed by atoms with E-state index in [1.807, 2.05) is 0 Å². The third-order valence-corrected chi connectivity index (χ3v) is 2.59. The standard InChI is InChI=1S/C10H10BrNO4/c1-2-16-12-10(13)6-3-7(11)9-8(4-6)14-5-15-9/h3-4H,2,5H2,1H3,(H,12,13). The Morgan fingerprint density at radius 1 is 1.56 bits per heavy atom. The zero-order valence-corrected chi connectivity index (χ0v) is 10.2. The van der Waals surface area contributed by atoms with Gasteiger partial charge in [0, 0.05) is 5.56 Å². The first-order valence-corrected chi connectivity index (χ1v) is 5.53. The number of nitrogens with one attached hydrogen (secondary N) is 1. The van der Waals surface area contributed by atoms with Crippen molar-refractivity contribution < 1.29 is 19.1 Å². The van der Waals surface area contributed by atoms with Crippen LogP contribution in [0, 0.1) is 0 Å². The average molecular weight is 288 g/mol. The number of benzene rings is 1. The second-order valence-corrected chi connectivity index (χ2v) is 3.91. The van der Waals surface area contributed by atoms with Crippen LogP contribution in [0.25, 0.3) is 0 Å². The average Bonchev–Trinajstić information content (AvgIpc) is 2.74. The van der Waals surface area contributed by atoms with Crippen LogP contribution in [0.4, 0.5) is 0 Å². The van der Waals surface area contributed by atoms with Crippen LogP contribution in [-0.2, 0) is 4.84 Å². The van der Waals surface area contributed by atoms with Crippen molar-refractivity contribution in [3.05, 3.63) is 22.2 Å². The van der Waals surface area contributed by atoms with Crippen LogP contribution < -0.4 is 15.0 Å².